The highest BCUT2D eigenvalue weighted by atomic mass is 32.1. The van der Waals surface area contributed by atoms with Gasteiger partial charge in [0, 0.05) is 5.69 Å². The summed E-state index contributed by atoms with van der Waals surface area (Å²) in [6, 6.07) is 12.6. The third kappa shape index (κ3) is 7.07. The summed E-state index contributed by atoms with van der Waals surface area (Å²) < 4.78 is 49.5. The smallest absolute Gasteiger partial charge is 0.416 e. The zero-order chi connectivity index (χ0) is 24.6. The number of ether oxygens (including phenoxy) is 2. The topological polar surface area (TPSA) is 89.0 Å². The van der Waals surface area contributed by atoms with Crippen molar-refractivity contribution >= 4 is 35.1 Å². The van der Waals surface area contributed by atoms with E-state index in [0.717, 1.165) is 12.1 Å². The summed E-state index contributed by atoms with van der Waals surface area (Å²) in [5.41, 5.74) is 2.17. The van der Waals surface area contributed by atoms with Crippen molar-refractivity contribution in [3.05, 3.63) is 76.0 Å². The lowest BCUT2D eigenvalue weighted by Crippen LogP contribution is -2.20. The van der Waals surface area contributed by atoms with Gasteiger partial charge in [-0.05, 0) is 60.3 Å². The molecule has 11 heteroatoms. The predicted octanol–water partition coefficient (Wildman–Crippen LogP) is 4.95. The van der Waals surface area contributed by atoms with Crippen LogP contribution in [-0.4, -0.2) is 31.2 Å². The van der Waals surface area contributed by atoms with Gasteiger partial charge in [-0.25, -0.2) is 5.43 Å². The zero-order valence-corrected chi connectivity index (χ0v) is 18.7. The van der Waals surface area contributed by atoms with Crippen LogP contribution in [0.5, 0.6) is 11.5 Å². The van der Waals surface area contributed by atoms with E-state index in [2.05, 4.69) is 15.8 Å². The Morgan fingerprint density at radius 3 is 2.59 bits per heavy atom. The largest absolute Gasteiger partial charge is 0.490 e. The number of carbonyl (C=O) groups is 2. The summed E-state index contributed by atoms with van der Waals surface area (Å²) in [4.78, 5) is 24.6. The van der Waals surface area contributed by atoms with Crippen LogP contribution >= 0.6 is 11.3 Å². The number of nitrogens with zero attached hydrogens (tertiary/aromatic N) is 1. The molecule has 7 nitrogen and oxygen atoms in total. The summed E-state index contributed by atoms with van der Waals surface area (Å²) in [6.07, 6.45) is -3.08. The number of hydrogen-bond acceptors (Lipinski definition) is 6. The molecule has 3 aromatic rings. The summed E-state index contributed by atoms with van der Waals surface area (Å²) in [7, 11) is 0. The predicted molar refractivity (Wildman–Crippen MR) is 123 cm³/mol. The summed E-state index contributed by atoms with van der Waals surface area (Å²) >= 11 is 1.29. The Morgan fingerprint density at radius 1 is 1.06 bits per heavy atom. The van der Waals surface area contributed by atoms with Gasteiger partial charge in [-0.3, -0.25) is 9.59 Å². The van der Waals surface area contributed by atoms with Crippen molar-refractivity contribution in [2.75, 3.05) is 18.5 Å². The second-order valence-corrected chi connectivity index (χ2v) is 7.68. The van der Waals surface area contributed by atoms with Gasteiger partial charge in [0.05, 0.1) is 23.3 Å². The molecule has 0 radical (unpaired) electrons. The molecule has 0 fully saturated rings. The van der Waals surface area contributed by atoms with Crippen LogP contribution in [0.25, 0.3) is 0 Å². The summed E-state index contributed by atoms with van der Waals surface area (Å²) in [5.74, 6) is -0.365. The maximum Gasteiger partial charge on any atom is 0.416 e. The van der Waals surface area contributed by atoms with Gasteiger partial charge < -0.3 is 14.8 Å². The second-order valence-electron chi connectivity index (χ2n) is 6.73. The molecule has 0 aliphatic rings. The number of alkyl halides is 3. The number of carbonyl (C=O) groups excluding carboxylic acids is 2. The molecule has 0 saturated heterocycles. The SMILES string of the molecule is CCOc1cc(C=NNC(=O)c2cccs2)ccc1OCC(=O)Nc1cccc(C(F)(F)F)c1. The van der Waals surface area contributed by atoms with Gasteiger partial charge in [0.2, 0.25) is 0 Å². The minimum absolute atomic E-state index is 0.00427. The van der Waals surface area contributed by atoms with Gasteiger partial charge in [0.25, 0.3) is 11.8 Å². The average Bonchev–Trinajstić information content (AvgIpc) is 3.33. The van der Waals surface area contributed by atoms with E-state index in [1.54, 1.807) is 42.6 Å². The first kappa shape index (κ1) is 24.8. The lowest BCUT2D eigenvalue weighted by atomic mass is 10.2. The Kier molecular flexibility index (Phi) is 8.25. The number of hydrogen-bond donors (Lipinski definition) is 2. The highest BCUT2D eigenvalue weighted by Gasteiger charge is 2.30. The molecule has 1 aromatic heterocycles. The fourth-order valence-corrected chi connectivity index (χ4v) is 3.35. The molecule has 1 heterocycles. The molecule has 0 spiro atoms. The number of thiophene rings is 1. The Morgan fingerprint density at radius 2 is 1.88 bits per heavy atom. The van der Waals surface area contributed by atoms with Crippen molar-refractivity contribution in [2.45, 2.75) is 13.1 Å². The molecule has 0 saturated carbocycles. The van der Waals surface area contributed by atoms with E-state index < -0.39 is 24.3 Å². The second kappa shape index (κ2) is 11.3. The number of anilines is 1. The van der Waals surface area contributed by atoms with E-state index in [9.17, 15) is 22.8 Å². The Labute approximate surface area is 197 Å². The first-order chi connectivity index (χ1) is 16.3. The Balaban J connectivity index is 1.60. The van der Waals surface area contributed by atoms with Crippen LogP contribution in [0.2, 0.25) is 0 Å². The van der Waals surface area contributed by atoms with Gasteiger partial charge >= 0.3 is 6.18 Å². The van der Waals surface area contributed by atoms with E-state index in [-0.39, 0.29) is 17.3 Å². The van der Waals surface area contributed by atoms with Gasteiger partial charge in [-0.15, -0.1) is 11.3 Å². The molecule has 178 valence electrons. The maximum absolute atomic E-state index is 12.8. The van der Waals surface area contributed by atoms with E-state index in [4.69, 9.17) is 9.47 Å². The molecule has 2 aromatic carbocycles. The van der Waals surface area contributed by atoms with Crippen molar-refractivity contribution in [2.24, 2.45) is 5.10 Å². The van der Waals surface area contributed by atoms with Crippen LogP contribution in [0.1, 0.15) is 27.7 Å². The van der Waals surface area contributed by atoms with E-state index in [1.165, 1.54) is 29.7 Å². The fraction of sp³-hybridized carbons (Fsp3) is 0.174. The zero-order valence-electron chi connectivity index (χ0n) is 17.9. The molecule has 2 amide bonds. The van der Waals surface area contributed by atoms with Crippen LogP contribution < -0.4 is 20.2 Å². The number of amides is 2. The molecule has 0 aliphatic carbocycles. The van der Waals surface area contributed by atoms with Crippen LogP contribution in [0, 0.1) is 0 Å². The minimum atomic E-state index is -4.51. The lowest BCUT2D eigenvalue weighted by molar-refractivity contribution is -0.137. The van der Waals surface area contributed by atoms with E-state index in [1.807, 2.05) is 0 Å². The fourth-order valence-electron chi connectivity index (χ4n) is 2.73. The number of benzene rings is 2. The average molecular weight is 491 g/mol. The monoisotopic (exact) mass is 491 g/mol. The normalized spacial score (nSPS) is 11.3. The molecule has 2 N–H and O–H groups in total. The van der Waals surface area contributed by atoms with Gasteiger partial charge in [-0.1, -0.05) is 12.1 Å². The van der Waals surface area contributed by atoms with Crippen molar-refractivity contribution in [1.82, 2.24) is 5.43 Å². The van der Waals surface area contributed by atoms with Crippen LogP contribution in [0.3, 0.4) is 0 Å². The van der Waals surface area contributed by atoms with Crippen molar-refractivity contribution < 1.29 is 32.2 Å². The van der Waals surface area contributed by atoms with Crippen LogP contribution in [0.15, 0.2) is 65.1 Å². The number of hydrazone groups is 1. The minimum Gasteiger partial charge on any atom is -0.490 e. The lowest BCUT2D eigenvalue weighted by Gasteiger charge is -2.13. The van der Waals surface area contributed by atoms with Crippen LogP contribution in [-0.2, 0) is 11.0 Å². The first-order valence-electron chi connectivity index (χ1n) is 10.00. The number of halogens is 3. The highest BCUT2D eigenvalue weighted by molar-refractivity contribution is 7.12. The molecule has 0 bridgehead atoms. The van der Waals surface area contributed by atoms with Gasteiger partial charge in [0.1, 0.15) is 0 Å². The standard InChI is InChI=1S/C23H20F3N3O4S/c1-2-32-19-11-15(13-27-29-22(31)20-7-4-10-34-20)8-9-18(19)33-14-21(30)28-17-6-3-5-16(12-17)23(24,25)26/h3-13H,2,14H2,1H3,(H,28,30)(H,29,31). The number of rotatable bonds is 9. The molecule has 3 rings (SSSR count). The molecular formula is C23H20F3N3O4S. The summed E-state index contributed by atoms with van der Waals surface area (Å²) in [6.45, 7) is 1.65. The quantitative estimate of drug-likeness (QED) is 0.328. The third-order valence-electron chi connectivity index (χ3n) is 4.22. The van der Waals surface area contributed by atoms with Gasteiger partial charge in [-0.2, -0.15) is 18.3 Å². The van der Waals surface area contributed by atoms with Crippen molar-refractivity contribution in [1.29, 1.82) is 0 Å². The van der Waals surface area contributed by atoms with Crippen molar-refractivity contribution in [3.63, 3.8) is 0 Å². The molecule has 34 heavy (non-hydrogen) atoms. The Hall–Kier alpha value is -3.86. The highest BCUT2D eigenvalue weighted by Crippen LogP contribution is 2.31. The molecule has 0 atom stereocenters. The first-order valence-corrected chi connectivity index (χ1v) is 10.9. The van der Waals surface area contributed by atoms with Crippen molar-refractivity contribution in [3.8, 4) is 11.5 Å². The summed E-state index contributed by atoms with van der Waals surface area (Å²) in [5, 5.41) is 8.07. The van der Waals surface area contributed by atoms with Gasteiger partial charge in [0.15, 0.2) is 18.1 Å². The molecule has 0 unspecified atom stereocenters. The number of nitrogens with one attached hydrogen (secondary N) is 2. The molecule has 0 aliphatic heterocycles. The van der Waals surface area contributed by atoms with Crippen LogP contribution in [0.4, 0.5) is 18.9 Å². The maximum atomic E-state index is 12.8. The Bertz CT molecular complexity index is 1160. The van der Waals surface area contributed by atoms with E-state index >= 15 is 0 Å². The van der Waals surface area contributed by atoms with E-state index in [0.29, 0.717) is 22.8 Å². The third-order valence-corrected chi connectivity index (χ3v) is 5.09. The molecular weight excluding hydrogens is 471 g/mol.